The van der Waals surface area contributed by atoms with Crippen molar-refractivity contribution in [3.8, 4) is 0 Å². The summed E-state index contributed by atoms with van der Waals surface area (Å²) in [6.45, 7) is 4.03. The largest absolute Gasteiger partial charge is 0.465 e. The van der Waals surface area contributed by atoms with Crippen LogP contribution in [0, 0.1) is 0 Å². The van der Waals surface area contributed by atoms with Crippen LogP contribution in [0.15, 0.2) is 0 Å². The van der Waals surface area contributed by atoms with Gasteiger partial charge in [0.15, 0.2) is 0 Å². The molecule has 1 fully saturated rings. The van der Waals surface area contributed by atoms with Crippen LogP contribution in [0.3, 0.4) is 0 Å². The van der Waals surface area contributed by atoms with Gasteiger partial charge in [0.05, 0.1) is 12.4 Å². The summed E-state index contributed by atoms with van der Waals surface area (Å²) in [5, 5.41) is 0. The van der Waals surface area contributed by atoms with E-state index in [0.29, 0.717) is 13.0 Å². The highest BCUT2D eigenvalue weighted by molar-refractivity contribution is 7.89. The van der Waals surface area contributed by atoms with Gasteiger partial charge in [0.2, 0.25) is 10.0 Å². The van der Waals surface area contributed by atoms with Gasteiger partial charge in [0.25, 0.3) is 0 Å². The molecule has 1 rings (SSSR count). The lowest BCUT2D eigenvalue weighted by molar-refractivity contribution is -0.148. The quantitative estimate of drug-likeness (QED) is 0.690. The van der Waals surface area contributed by atoms with E-state index in [1.807, 2.05) is 0 Å². The van der Waals surface area contributed by atoms with Gasteiger partial charge < -0.3 is 4.74 Å². The lowest BCUT2D eigenvalue weighted by atomic mass is 10.1. The van der Waals surface area contributed by atoms with Gasteiger partial charge in [0.1, 0.15) is 6.04 Å². The Kier molecular flexibility index (Phi) is 4.73. The second-order valence-corrected chi connectivity index (χ2v) is 5.99. The molecule has 0 aromatic carbocycles. The molecule has 0 spiro atoms. The van der Waals surface area contributed by atoms with Crippen molar-refractivity contribution in [2.75, 3.05) is 18.9 Å². The number of nitrogens with zero attached hydrogens (tertiary/aromatic N) is 1. The maximum atomic E-state index is 11.8. The minimum Gasteiger partial charge on any atom is -0.465 e. The molecule has 0 bridgehead atoms. The highest BCUT2D eigenvalue weighted by atomic mass is 32.2. The molecule has 0 saturated carbocycles. The average molecular weight is 249 g/mol. The number of hydrogen-bond donors (Lipinski definition) is 0. The van der Waals surface area contributed by atoms with Crippen LogP contribution in [0.1, 0.15) is 33.1 Å². The molecule has 1 aliphatic heterocycles. The number of piperidine rings is 1. The summed E-state index contributed by atoms with van der Waals surface area (Å²) in [7, 11) is -3.30. The van der Waals surface area contributed by atoms with Gasteiger partial charge in [-0.25, -0.2) is 8.42 Å². The van der Waals surface area contributed by atoms with E-state index in [1.165, 1.54) is 4.31 Å². The molecule has 0 amide bonds. The SMILES string of the molecule is CCOC(=O)C1CCCCN1S(=O)(=O)CC. The van der Waals surface area contributed by atoms with Crippen LogP contribution in [0.25, 0.3) is 0 Å². The van der Waals surface area contributed by atoms with E-state index in [2.05, 4.69) is 0 Å². The monoisotopic (exact) mass is 249 g/mol. The standard InChI is InChI=1S/C10H19NO4S/c1-3-15-10(12)9-7-5-6-8-11(9)16(13,14)4-2/h9H,3-8H2,1-2H3. The summed E-state index contributed by atoms with van der Waals surface area (Å²) in [6, 6.07) is -0.612. The molecule has 5 nitrogen and oxygen atoms in total. The molecule has 0 aromatic heterocycles. The molecular formula is C10H19NO4S. The molecule has 1 unspecified atom stereocenters. The van der Waals surface area contributed by atoms with Crippen molar-refractivity contribution in [2.45, 2.75) is 39.2 Å². The number of carbonyl (C=O) groups is 1. The summed E-state index contributed by atoms with van der Waals surface area (Å²) < 4.78 is 29.8. The van der Waals surface area contributed by atoms with Crippen LogP contribution in [0.5, 0.6) is 0 Å². The third kappa shape index (κ3) is 2.95. The van der Waals surface area contributed by atoms with Crippen LogP contribution in [-0.2, 0) is 19.6 Å². The predicted octanol–water partition coefficient (Wildman–Crippen LogP) is 0.754. The molecule has 0 N–H and O–H groups in total. The predicted molar refractivity (Wildman–Crippen MR) is 60.4 cm³/mol. The summed E-state index contributed by atoms with van der Waals surface area (Å²) >= 11 is 0. The van der Waals surface area contributed by atoms with E-state index in [0.717, 1.165) is 12.8 Å². The molecule has 0 aromatic rings. The molecular weight excluding hydrogens is 230 g/mol. The van der Waals surface area contributed by atoms with Crippen molar-refractivity contribution in [1.29, 1.82) is 0 Å². The third-order valence-electron chi connectivity index (χ3n) is 2.73. The number of esters is 1. The summed E-state index contributed by atoms with van der Waals surface area (Å²) in [6.07, 6.45) is 2.26. The first kappa shape index (κ1) is 13.4. The smallest absolute Gasteiger partial charge is 0.324 e. The Balaban J connectivity index is 2.83. The van der Waals surface area contributed by atoms with Crippen molar-refractivity contribution in [1.82, 2.24) is 4.31 Å². The maximum Gasteiger partial charge on any atom is 0.324 e. The van der Waals surface area contributed by atoms with Crippen LogP contribution < -0.4 is 0 Å². The van der Waals surface area contributed by atoms with Crippen LogP contribution in [0.4, 0.5) is 0 Å². The molecule has 6 heteroatoms. The van der Waals surface area contributed by atoms with Gasteiger partial charge in [-0.1, -0.05) is 0 Å². The van der Waals surface area contributed by atoms with E-state index in [9.17, 15) is 13.2 Å². The van der Waals surface area contributed by atoms with Crippen molar-refractivity contribution in [3.05, 3.63) is 0 Å². The van der Waals surface area contributed by atoms with E-state index in [-0.39, 0.29) is 12.4 Å². The second-order valence-electron chi connectivity index (χ2n) is 3.77. The van der Waals surface area contributed by atoms with Gasteiger partial charge >= 0.3 is 5.97 Å². The zero-order valence-corrected chi connectivity index (χ0v) is 10.6. The second kappa shape index (κ2) is 5.63. The first-order chi connectivity index (χ1) is 7.53. The Morgan fingerprint density at radius 3 is 2.62 bits per heavy atom. The molecule has 1 saturated heterocycles. The molecule has 0 radical (unpaired) electrons. The lowest BCUT2D eigenvalue weighted by Crippen LogP contribution is -2.49. The van der Waals surface area contributed by atoms with E-state index < -0.39 is 22.0 Å². The zero-order chi connectivity index (χ0) is 12.2. The minimum atomic E-state index is -3.30. The van der Waals surface area contributed by atoms with Gasteiger partial charge in [-0.05, 0) is 33.1 Å². The van der Waals surface area contributed by atoms with Gasteiger partial charge in [0, 0.05) is 6.54 Å². The first-order valence-corrected chi connectivity index (χ1v) is 7.30. The Bertz CT molecular complexity index is 339. The molecule has 1 aliphatic rings. The Labute approximate surface area is 96.8 Å². The maximum absolute atomic E-state index is 11.8. The Hall–Kier alpha value is -0.620. The summed E-state index contributed by atoms with van der Waals surface area (Å²) in [5.41, 5.74) is 0. The fourth-order valence-corrected chi connectivity index (χ4v) is 3.20. The molecule has 94 valence electrons. The number of rotatable bonds is 4. The molecule has 16 heavy (non-hydrogen) atoms. The molecule has 1 heterocycles. The van der Waals surface area contributed by atoms with E-state index in [4.69, 9.17) is 4.74 Å². The lowest BCUT2D eigenvalue weighted by Gasteiger charge is -2.32. The summed E-state index contributed by atoms with van der Waals surface area (Å²) in [5.74, 6) is -0.387. The zero-order valence-electron chi connectivity index (χ0n) is 9.81. The molecule has 1 atom stereocenters. The fraction of sp³-hybridized carbons (Fsp3) is 0.900. The number of ether oxygens (including phenoxy) is 1. The van der Waals surface area contributed by atoms with Crippen molar-refractivity contribution in [3.63, 3.8) is 0 Å². The number of sulfonamides is 1. The molecule has 0 aliphatic carbocycles. The van der Waals surface area contributed by atoms with E-state index >= 15 is 0 Å². The normalized spacial score (nSPS) is 23.0. The van der Waals surface area contributed by atoms with Crippen molar-refractivity contribution >= 4 is 16.0 Å². The fourth-order valence-electron chi connectivity index (χ4n) is 1.88. The first-order valence-electron chi connectivity index (χ1n) is 5.69. The summed E-state index contributed by atoms with van der Waals surface area (Å²) in [4.78, 5) is 11.6. The Morgan fingerprint density at radius 2 is 2.06 bits per heavy atom. The van der Waals surface area contributed by atoms with Crippen LogP contribution >= 0.6 is 0 Å². The minimum absolute atomic E-state index is 0.0307. The third-order valence-corrected chi connectivity index (χ3v) is 4.62. The van der Waals surface area contributed by atoms with Crippen molar-refractivity contribution < 1.29 is 17.9 Å². The average Bonchev–Trinajstić information content (AvgIpc) is 2.29. The van der Waals surface area contributed by atoms with Gasteiger partial charge in [-0.15, -0.1) is 0 Å². The highest BCUT2D eigenvalue weighted by Gasteiger charge is 2.36. The van der Waals surface area contributed by atoms with Gasteiger partial charge in [-0.3, -0.25) is 4.79 Å². The number of hydrogen-bond acceptors (Lipinski definition) is 4. The van der Waals surface area contributed by atoms with Crippen molar-refractivity contribution in [2.24, 2.45) is 0 Å². The van der Waals surface area contributed by atoms with E-state index in [1.54, 1.807) is 13.8 Å². The Morgan fingerprint density at radius 1 is 1.38 bits per heavy atom. The topological polar surface area (TPSA) is 63.7 Å². The highest BCUT2D eigenvalue weighted by Crippen LogP contribution is 2.21. The van der Waals surface area contributed by atoms with Crippen LogP contribution in [0.2, 0.25) is 0 Å². The van der Waals surface area contributed by atoms with Crippen LogP contribution in [-0.4, -0.2) is 43.6 Å². The van der Waals surface area contributed by atoms with Gasteiger partial charge in [-0.2, -0.15) is 4.31 Å². The number of carbonyl (C=O) groups excluding carboxylic acids is 1.